The van der Waals surface area contributed by atoms with E-state index in [2.05, 4.69) is 32.1 Å². The second-order valence-corrected chi connectivity index (χ2v) is 5.69. The van der Waals surface area contributed by atoms with Gasteiger partial charge in [0.1, 0.15) is 18.0 Å². The van der Waals surface area contributed by atoms with Gasteiger partial charge in [0.25, 0.3) is 0 Å². The monoisotopic (exact) mass is 327 g/mol. The van der Waals surface area contributed by atoms with Gasteiger partial charge in [-0.2, -0.15) is 0 Å². The van der Waals surface area contributed by atoms with E-state index in [1.807, 2.05) is 66.2 Å². The Kier molecular flexibility index (Phi) is 3.96. The Bertz CT molecular complexity index is 998. The fourth-order valence-electron chi connectivity index (χ4n) is 2.67. The highest BCUT2D eigenvalue weighted by Crippen LogP contribution is 2.21. The number of aryl methyl sites for hydroxylation is 1. The number of aromatic amines is 1. The molecule has 5 heteroatoms. The van der Waals surface area contributed by atoms with Crippen molar-refractivity contribution in [1.29, 1.82) is 0 Å². The van der Waals surface area contributed by atoms with Crippen LogP contribution in [-0.4, -0.2) is 24.5 Å². The molecule has 0 fully saturated rings. The maximum atomic E-state index is 4.68. The highest BCUT2D eigenvalue weighted by Gasteiger charge is 2.06. The average Bonchev–Trinajstić information content (AvgIpc) is 3.31. The zero-order valence-corrected chi connectivity index (χ0v) is 13.8. The lowest BCUT2D eigenvalue weighted by molar-refractivity contribution is 0.989. The molecule has 122 valence electrons. The van der Waals surface area contributed by atoms with Crippen LogP contribution in [0.5, 0.6) is 0 Å². The van der Waals surface area contributed by atoms with E-state index in [0.717, 1.165) is 34.3 Å². The van der Waals surface area contributed by atoms with Gasteiger partial charge in [-0.1, -0.05) is 36.4 Å². The molecule has 0 atom stereocenters. The second kappa shape index (κ2) is 6.57. The van der Waals surface area contributed by atoms with E-state index >= 15 is 0 Å². The van der Waals surface area contributed by atoms with Gasteiger partial charge >= 0.3 is 0 Å². The Morgan fingerprint density at radius 1 is 0.960 bits per heavy atom. The first-order valence-corrected chi connectivity index (χ1v) is 8.05. The molecule has 0 bridgehead atoms. The lowest BCUT2D eigenvalue weighted by Crippen LogP contribution is -1.94. The number of benzene rings is 1. The third kappa shape index (κ3) is 3.26. The van der Waals surface area contributed by atoms with Crippen LogP contribution in [0.25, 0.3) is 29.2 Å². The van der Waals surface area contributed by atoms with Gasteiger partial charge in [-0.3, -0.25) is 4.57 Å². The molecule has 1 aromatic carbocycles. The first-order chi connectivity index (χ1) is 12.3. The van der Waals surface area contributed by atoms with Crippen LogP contribution < -0.4 is 0 Å². The van der Waals surface area contributed by atoms with E-state index in [-0.39, 0.29) is 0 Å². The minimum absolute atomic E-state index is 0.811. The van der Waals surface area contributed by atoms with E-state index in [4.69, 9.17) is 0 Å². The molecule has 3 heterocycles. The fraction of sp³-hybridized carbons (Fsp3) is 0.0500. The summed E-state index contributed by atoms with van der Waals surface area (Å²) < 4.78 is 1.88. The highest BCUT2D eigenvalue weighted by molar-refractivity contribution is 5.69. The minimum atomic E-state index is 0.811. The number of aromatic nitrogens is 5. The van der Waals surface area contributed by atoms with Gasteiger partial charge in [-0.05, 0) is 31.2 Å². The molecule has 4 aromatic rings. The summed E-state index contributed by atoms with van der Waals surface area (Å²) in [6.07, 6.45) is 9.24. The van der Waals surface area contributed by atoms with Crippen molar-refractivity contribution < 1.29 is 0 Å². The van der Waals surface area contributed by atoms with Crippen molar-refractivity contribution in [3.63, 3.8) is 0 Å². The topological polar surface area (TPSA) is 59.4 Å². The van der Waals surface area contributed by atoms with Crippen LogP contribution in [0.3, 0.4) is 0 Å². The summed E-state index contributed by atoms with van der Waals surface area (Å²) >= 11 is 0. The Hall–Kier alpha value is -3.47. The first kappa shape index (κ1) is 15.1. The molecule has 0 aliphatic heterocycles. The van der Waals surface area contributed by atoms with E-state index in [1.54, 1.807) is 12.5 Å². The van der Waals surface area contributed by atoms with Crippen molar-refractivity contribution in [2.45, 2.75) is 6.92 Å². The van der Waals surface area contributed by atoms with Crippen molar-refractivity contribution in [2.75, 3.05) is 0 Å². The van der Waals surface area contributed by atoms with Crippen molar-refractivity contribution >= 4 is 12.2 Å². The molecular formula is C20H17N5. The average molecular weight is 327 g/mol. The molecule has 0 saturated heterocycles. The zero-order chi connectivity index (χ0) is 17.1. The van der Waals surface area contributed by atoms with E-state index in [9.17, 15) is 0 Å². The number of hydrogen-bond acceptors (Lipinski definition) is 3. The van der Waals surface area contributed by atoms with E-state index < -0.39 is 0 Å². The van der Waals surface area contributed by atoms with Gasteiger partial charge in [0.05, 0.1) is 11.4 Å². The minimum Gasteiger partial charge on any atom is -0.342 e. The largest absolute Gasteiger partial charge is 0.342 e. The lowest BCUT2D eigenvalue weighted by atomic mass is 10.1. The summed E-state index contributed by atoms with van der Waals surface area (Å²) in [5, 5.41) is 0. The first-order valence-electron chi connectivity index (χ1n) is 8.05. The Labute approximate surface area is 145 Å². The molecule has 0 saturated carbocycles. The molecule has 0 radical (unpaired) electrons. The quantitative estimate of drug-likeness (QED) is 0.613. The van der Waals surface area contributed by atoms with Gasteiger partial charge in [0, 0.05) is 23.7 Å². The predicted molar refractivity (Wildman–Crippen MR) is 99.0 cm³/mol. The number of hydrogen-bond donors (Lipinski definition) is 1. The number of imidazole rings is 2. The van der Waals surface area contributed by atoms with Crippen LogP contribution in [0.15, 0.2) is 67.3 Å². The summed E-state index contributed by atoms with van der Waals surface area (Å²) in [6.45, 7) is 2.03. The van der Waals surface area contributed by atoms with Crippen LogP contribution in [0, 0.1) is 6.92 Å². The summed E-state index contributed by atoms with van der Waals surface area (Å²) in [7, 11) is 0. The summed E-state index contributed by atoms with van der Waals surface area (Å²) in [5.74, 6) is 1.64. The molecule has 3 aromatic heterocycles. The third-order valence-electron chi connectivity index (χ3n) is 3.89. The molecule has 0 spiro atoms. The van der Waals surface area contributed by atoms with Gasteiger partial charge in [0.15, 0.2) is 0 Å². The molecule has 0 aliphatic rings. The third-order valence-corrected chi connectivity index (χ3v) is 3.89. The van der Waals surface area contributed by atoms with Crippen molar-refractivity contribution in [3.8, 4) is 17.1 Å². The number of nitrogens with zero attached hydrogens (tertiary/aromatic N) is 4. The van der Waals surface area contributed by atoms with Gasteiger partial charge in [-0.15, -0.1) is 0 Å². The molecular weight excluding hydrogens is 310 g/mol. The molecule has 1 N–H and O–H groups in total. The number of H-pyrrole nitrogens is 1. The summed E-state index contributed by atoms with van der Waals surface area (Å²) in [4.78, 5) is 16.7. The molecule has 5 nitrogen and oxygen atoms in total. The molecule has 25 heavy (non-hydrogen) atoms. The smallest absolute Gasteiger partial charge is 0.138 e. The molecule has 0 aliphatic carbocycles. The van der Waals surface area contributed by atoms with Crippen LogP contribution in [0.1, 0.15) is 17.2 Å². The summed E-state index contributed by atoms with van der Waals surface area (Å²) in [6, 6.07) is 16.1. The van der Waals surface area contributed by atoms with Crippen LogP contribution in [-0.2, 0) is 0 Å². The Morgan fingerprint density at radius 2 is 1.84 bits per heavy atom. The normalized spacial score (nSPS) is 11.2. The maximum Gasteiger partial charge on any atom is 0.138 e. The predicted octanol–water partition coefficient (Wildman–Crippen LogP) is 4.14. The van der Waals surface area contributed by atoms with E-state index in [0.29, 0.717) is 0 Å². The standard InChI is InChI=1S/C20H17N5/c1-15-20(16-6-3-2-4-7-16)24-18(22-15)11-10-17-8-5-9-19(23-17)25-13-12-21-14-25/h2-14H,1H3,(H,22,24). The van der Waals surface area contributed by atoms with Crippen molar-refractivity contribution in [3.05, 3.63) is 84.5 Å². The fourth-order valence-corrected chi connectivity index (χ4v) is 2.67. The summed E-state index contributed by atoms with van der Waals surface area (Å²) in [5.41, 5.74) is 3.99. The zero-order valence-electron chi connectivity index (χ0n) is 13.8. The Morgan fingerprint density at radius 3 is 2.64 bits per heavy atom. The number of pyridine rings is 1. The van der Waals surface area contributed by atoms with Gasteiger partial charge in [-0.25, -0.2) is 15.0 Å². The molecule has 0 amide bonds. The molecule has 0 unspecified atom stereocenters. The van der Waals surface area contributed by atoms with Crippen LogP contribution >= 0.6 is 0 Å². The molecule has 4 rings (SSSR count). The van der Waals surface area contributed by atoms with Crippen molar-refractivity contribution in [1.82, 2.24) is 24.5 Å². The highest BCUT2D eigenvalue weighted by atomic mass is 15.1. The lowest BCUT2D eigenvalue weighted by Gasteiger charge is -2.01. The SMILES string of the molecule is Cc1[nH]c(C=Cc2cccc(-n3ccnc3)n2)nc1-c1ccccc1. The maximum absolute atomic E-state index is 4.68. The van der Waals surface area contributed by atoms with Crippen molar-refractivity contribution in [2.24, 2.45) is 0 Å². The van der Waals surface area contributed by atoms with Crippen LogP contribution in [0.4, 0.5) is 0 Å². The van der Waals surface area contributed by atoms with Gasteiger partial charge in [0.2, 0.25) is 0 Å². The van der Waals surface area contributed by atoms with Crippen LogP contribution in [0.2, 0.25) is 0 Å². The van der Waals surface area contributed by atoms with Gasteiger partial charge < -0.3 is 4.98 Å². The number of rotatable bonds is 4. The number of nitrogens with one attached hydrogen (secondary N) is 1. The van der Waals surface area contributed by atoms with E-state index in [1.165, 1.54) is 0 Å². The Balaban J connectivity index is 1.60. The second-order valence-electron chi connectivity index (χ2n) is 5.69.